The number of hydrogen-bond donors (Lipinski definition) is 0. The lowest BCUT2D eigenvalue weighted by atomic mass is 9.55. The van der Waals surface area contributed by atoms with E-state index in [1.165, 1.54) is 53.6 Å². The van der Waals surface area contributed by atoms with Gasteiger partial charge in [0.2, 0.25) is 5.69 Å². The van der Waals surface area contributed by atoms with E-state index in [-0.39, 0.29) is 0 Å². The fraction of sp³-hybridized carbons (Fsp3) is 0.346. The van der Waals surface area contributed by atoms with E-state index >= 15 is 0 Å². The summed E-state index contributed by atoms with van der Waals surface area (Å²) in [6.07, 6.45) is 8.07. The van der Waals surface area contributed by atoms with Crippen LogP contribution in [-0.4, -0.2) is 0 Å². The van der Waals surface area contributed by atoms with Gasteiger partial charge in [-0.15, -0.1) is 0 Å². The molecule has 1 heterocycles. The SMILES string of the molecule is Cc1ccccc1-c1ccc(-c2ccc(C3C4CCCC3C4)cc2)c[n+]1C. The Balaban J connectivity index is 1.42. The molecule has 0 amide bonds. The topological polar surface area (TPSA) is 3.88 Å². The zero-order chi connectivity index (χ0) is 18.4. The van der Waals surface area contributed by atoms with Crippen LogP contribution >= 0.6 is 0 Å². The molecule has 0 spiro atoms. The Hall–Kier alpha value is -2.41. The van der Waals surface area contributed by atoms with E-state index < -0.39 is 0 Å². The van der Waals surface area contributed by atoms with Crippen LogP contribution in [0.4, 0.5) is 0 Å². The van der Waals surface area contributed by atoms with E-state index in [1.54, 1.807) is 5.56 Å². The number of aryl methyl sites for hydroxylation is 2. The monoisotopic (exact) mass is 354 g/mol. The molecule has 1 aromatic heterocycles. The number of hydrogen-bond acceptors (Lipinski definition) is 0. The molecule has 0 saturated heterocycles. The van der Waals surface area contributed by atoms with Gasteiger partial charge < -0.3 is 0 Å². The quantitative estimate of drug-likeness (QED) is 0.504. The van der Waals surface area contributed by atoms with Gasteiger partial charge >= 0.3 is 0 Å². The number of benzene rings is 2. The summed E-state index contributed by atoms with van der Waals surface area (Å²) in [6, 6.07) is 22.5. The minimum absolute atomic E-state index is 0.840. The minimum atomic E-state index is 0.840. The highest BCUT2D eigenvalue weighted by atomic mass is 14.9. The lowest BCUT2D eigenvalue weighted by Gasteiger charge is -2.50. The van der Waals surface area contributed by atoms with Crippen LogP contribution in [0, 0.1) is 18.8 Å². The van der Waals surface area contributed by atoms with Crippen molar-refractivity contribution in [2.75, 3.05) is 0 Å². The molecule has 2 aliphatic rings. The molecule has 3 aromatic rings. The van der Waals surface area contributed by atoms with Gasteiger partial charge in [0.25, 0.3) is 0 Å². The fourth-order valence-corrected chi connectivity index (χ4v) is 5.47. The number of nitrogens with zero attached hydrogens (tertiary/aromatic N) is 1. The van der Waals surface area contributed by atoms with E-state index in [1.807, 2.05) is 0 Å². The van der Waals surface area contributed by atoms with Gasteiger partial charge in [-0.3, -0.25) is 0 Å². The Bertz CT molecular complexity index is 956. The molecule has 27 heavy (non-hydrogen) atoms. The number of aromatic nitrogens is 1. The molecular weight excluding hydrogens is 326 g/mol. The van der Waals surface area contributed by atoms with Gasteiger partial charge in [-0.1, -0.05) is 48.9 Å². The van der Waals surface area contributed by atoms with Crippen LogP contribution in [0.1, 0.15) is 42.7 Å². The maximum absolute atomic E-state index is 2.39. The first-order valence-electron chi connectivity index (χ1n) is 10.4. The van der Waals surface area contributed by atoms with E-state index in [2.05, 4.69) is 85.4 Å². The van der Waals surface area contributed by atoms with Crippen molar-refractivity contribution in [3.8, 4) is 22.4 Å². The molecule has 0 N–H and O–H groups in total. The van der Waals surface area contributed by atoms with Crippen molar-refractivity contribution in [2.24, 2.45) is 18.9 Å². The van der Waals surface area contributed by atoms with Crippen LogP contribution in [0.3, 0.4) is 0 Å². The van der Waals surface area contributed by atoms with E-state index in [9.17, 15) is 0 Å². The summed E-state index contributed by atoms with van der Waals surface area (Å²) in [4.78, 5) is 0. The van der Waals surface area contributed by atoms with Gasteiger partial charge in [0.05, 0.1) is 0 Å². The first-order valence-corrected chi connectivity index (χ1v) is 10.4. The van der Waals surface area contributed by atoms with E-state index in [4.69, 9.17) is 0 Å². The van der Waals surface area contributed by atoms with E-state index in [0.29, 0.717) is 0 Å². The first-order chi connectivity index (χ1) is 13.2. The summed E-state index contributed by atoms with van der Waals surface area (Å²) in [7, 11) is 2.15. The highest BCUT2D eigenvalue weighted by Crippen LogP contribution is 2.55. The summed E-state index contributed by atoms with van der Waals surface area (Å²) in [5.74, 6) is 2.76. The molecule has 2 atom stereocenters. The van der Waals surface area contributed by atoms with Crippen molar-refractivity contribution in [2.45, 2.75) is 38.5 Å². The highest BCUT2D eigenvalue weighted by Gasteiger charge is 2.43. The minimum Gasteiger partial charge on any atom is -0.200 e. The molecule has 0 aliphatic heterocycles. The molecular formula is C26H28N+. The van der Waals surface area contributed by atoms with Crippen LogP contribution in [-0.2, 0) is 7.05 Å². The smallest absolute Gasteiger partial charge is 0.200 e. The molecule has 1 nitrogen and oxygen atoms in total. The molecule has 1 heteroatoms. The third kappa shape index (κ3) is 2.90. The van der Waals surface area contributed by atoms with Crippen LogP contribution < -0.4 is 4.57 Å². The summed E-state index contributed by atoms with van der Waals surface area (Å²) in [6.45, 7) is 2.18. The van der Waals surface area contributed by atoms with Gasteiger partial charge in [-0.2, -0.15) is 0 Å². The Morgan fingerprint density at radius 3 is 2.19 bits per heavy atom. The van der Waals surface area contributed by atoms with Crippen molar-refractivity contribution < 1.29 is 4.57 Å². The van der Waals surface area contributed by atoms with Crippen molar-refractivity contribution in [1.82, 2.24) is 0 Å². The molecule has 2 fully saturated rings. The molecule has 2 saturated carbocycles. The third-order valence-corrected chi connectivity index (χ3v) is 6.95. The molecule has 136 valence electrons. The van der Waals surface area contributed by atoms with Gasteiger partial charge in [0.1, 0.15) is 7.05 Å². The zero-order valence-electron chi connectivity index (χ0n) is 16.4. The average molecular weight is 355 g/mol. The maximum atomic E-state index is 2.39. The number of pyridine rings is 1. The predicted molar refractivity (Wildman–Crippen MR) is 111 cm³/mol. The number of rotatable bonds is 3. The van der Waals surface area contributed by atoms with Crippen LogP contribution in [0.15, 0.2) is 66.9 Å². The second-order valence-electron chi connectivity index (χ2n) is 8.56. The lowest BCUT2D eigenvalue weighted by Crippen LogP contribution is -2.38. The fourth-order valence-electron chi connectivity index (χ4n) is 5.47. The Kier molecular flexibility index (Phi) is 4.11. The molecule has 2 aliphatic carbocycles. The van der Waals surface area contributed by atoms with Crippen molar-refractivity contribution in [1.29, 1.82) is 0 Å². The van der Waals surface area contributed by atoms with Crippen molar-refractivity contribution in [3.05, 3.63) is 78.0 Å². The molecule has 2 unspecified atom stereocenters. The zero-order valence-corrected chi connectivity index (χ0v) is 16.4. The van der Waals surface area contributed by atoms with Crippen molar-refractivity contribution >= 4 is 0 Å². The standard InChI is InChI=1S/C26H28N/c1-18-6-3-4-9-24(18)25-15-14-23(17-27(25)2)19-10-12-20(13-11-19)26-21-7-5-8-22(26)16-21/h3-4,6,9-15,17,21-22,26H,5,7-8,16H2,1-2H3/q+1. The first kappa shape index (κ1) is 16.7. The largest absolute Gasteiger partial charge is 0.212 e. The number of fused-ring (bicyclic) bond motifs is 2. The molecule has 2 bridgehead atoms. The lowest BCUT2D eigenvalue weighted by molar-refractivity contribution is -0.659. The summed E-state index contributed by atoms with van der Waals surface area (Å²) < 4.78 is 2.25. The summed E-state index contributed by atoms with van der Waals surface area (Å²) in [5.41, 5.74) is 8.05. The molecule has 0 radical (unpaired) electrons. The van der Waals surface area contributed by atoms with Gasteiger partial charge in [-0.05, 0) is 72.8 Å². The average Bonchev–Trinajstić information content (AvgIpc) is 2.70. The Morgan fingerprint density at radius 1 is 0.815 bits per heavy atom. The normalized spacial score (nSPS) is 23.7. The van der Waals surface area contributed by atoms with Gasteiger partial charge in [-0.25, -0.2) is 4.57 Å². The van der Waals surface area contributed by atoms with Crippen LogP contribution in [0.2, 0.25) is 0 Å². The summed E-state index contributed by atoms with van der Waals surface area (Å²) >= 11 is 0. The Morgan fingerprint density at radius 2 is 1.52 bits per heavy atom. The second-order valence-corrected chi connectivity index (χ2v) is 8.56. The molecule has 2 aromatic carbocycles. The van der Waals surface area contributed by atoms with Gasteiger partial charge in [0, 0.05) is 17.2 Å². The molecule has 5 rings (SSSR count). The third-order valence-electron chi connectivity index (χ3n) is 6.95. The van der Waals surface area contributed by atoms with Crippen LogP contribution in [0.25, 0.3) is 22.4 Å². The van der Waals surface area contributed by atoms with Crippen LogP contribution in [0.5, 0.6) is 0 Å². The van der Waals surface area contributed by atoms with E-state index in [0.717, 1.165) is 17.8 Å². The summed E-state index contributed by atoms with van der Waals surface area (Å²) in [5, 5.41) is 0. The predicted octanol–water partition coefficient (Wildman–Crippen LogP) is 6.06. The Labute approximate surface area is 162 Å². The second kappa shape index (κ2) is 6.64. The van der Waals surface area contributed by atoms with Gasteiger partial charge in [0.15, 0.2) is 6.20 Å². The van der Waals surface area contributed by atoms with Crippen molar-refractivity contribution in [3.63, 3.8) is 0 Å². The highest BCUT2D eigenvalue weighted by molar-refractivity contribution is 5.66. The maximum Gasteiger partial charge on any atom is 0.212 e.